The zero-order chi connectivity index (χ0) is 13.8. The monoisotopic (exact) mass is 276 g/mol. The summed E-state index contributed by atoms with van der Waals surface area (Å²) in [7, 11) is 0. The summed E-state index contributed by atoms with van der Waals surface area (Å²) in [4.78, 5) is 27.0. The maximum atomic E-state index is 11.8. The lowest BCUT2D eigenvalue weighted by Gasteiger charge is -2.02. The molecule has 0 bridgehead atoms. The van der Waals surface area contributed by atoms with Gasteiger partial charge in [-0.05, 0) is 19.1 Å². The van der Waals surface area contributed by atoms with Gasteiger partial charge in [0.2, 0.25) is 0 Å². The molecule has 2 rings (SSSR count). The molecule has 19 heavy (non-hydrogen) atoms. The zero-order valence-corrected chi connectivity index (χ0v) is 11.0. The van der Waals surface area contributed by atoms with Gasteiger partial charge >= 0.3 is 5.97 Å². The highest BCUT2D eigenvalue weighted by Gasteiger charge is 2.14. The van der Waals surface area contributed by atoms with Crippen LogP contribution in [0, 0.1) is 6.92 Å². The van der Waals surface area contributed by atoms with E-state index >= 15 is 0 Å². The Morgan fingerprint density at radius 2 is 2.00 bits per heavy atom. The number of aromatic carboxylic acids is 1. The standard InChI is InChI=1S/C13H12N2O3S/c1-8-11(13(17)18)19-10(15-8)7-14-12(16)9-5-3-2-4-6-9/h2-6H,7H2,1H3,(H,14,16)(H,17,18). The van der Waals surface area contributed by atoms with E-state index in [1.165, 1.54) is 0 Å². The van der Waals surface area contributed by atoms with Crippen molar-refractivity contribution in [3.05, 3.63) is 51.5 Å². The summed E-state index contributed by atoms with van der Waals surface area (Å²) in [5.74, 6) is -1.19. The molecule has 0 saturated heterocycles. The summed E-state index contributed by atoms with van der Waals surface area (Å²) in [5, 5.41) is 12.2. The van der Waals surface area contributed by atoms with Crippen LogP contribution in [0.1, 0.15) is 30.7 Å². The highest BCUT2D eigenvalue weighted by molar-refractivity contribution is 7.13. The lowest BCUT2D eigenvalue weighted by Crippen LogP contribution is -2.22. The number of aromatic nitrogens is 1. The van der Waals surface area contributed by atoms with Gasteiger partial charge in [-0.15, -0.1) is 11.3 Å². The number of hydrogen-bond acceptors (Lipinski definition) is 4. The second kappa shape index (κ2) is 5.62. The Kier molecular flexibility index (Phi) is 3.91. The second-order valence-corrected chi connectivity index (χ2v) is 4.96. The highest BCUT2D eigenvalue weighted by Crippen LogP contribution is 2.17. The third-order valence-electron chi connectivity index (χ3n) is 2.47. The molecule has 0 aliphatic heterocycles. The van der Waals surface area contributed by atoms with Crippen LogP contribution in [0.25, 0.3) is 0 Å². The molecule has 98 valence electrons. The van der Waals surface area contributed by atoms with Gasteiger partial charge in [-0.1, -0.05) is 18.2 Å². The Morgan fingerprint density at radius 3 is 2.58 bits per heavy atom. The SMILES string of the molecule is Cc1nc(CNC(=O)c2ccccc2)sc1C(=O)O. The van der Waals surface area contributed by atoms with Crippen molar-refractivity contribution in [1.29, 1.82) is 0 Å². The molecule has 1 heterocycles. The van der Waals surface area contributed by atoms with Crippen LogP contribution in [0.2, 0.25) is 0 Å². The van der Waals surface area contributed by atoms with Gasteiger partial charge in [-0.2, -0.15) is 0 Å². The van der Waals surface area contributed by atoms with E-state index in [-0.39, 0.29) is 17.3 Å². The first-order valence-corrected chi connectivity index (χ1v) is 6.42. The van der Waals surface area contributed by atoms with Crippen molar-refractivity contribution in [3.8, 4) is 0 Å². The summed E-state index contributed by atoms with van der Waals surface area (Å²) >= 11 is 1.08. The summed E-state index contributed by atoms with van der Waals surface area (Å²) < 4.78 is 0. The summed E-state index contributed by atoms with van der Waals surface area (Å²) in [6.07, 6.45) is 0. The predicted molar refractivity (Wildman–Crippen MR) is 71.4 cm³/mol. The smallest absolute Gasteiger partial charge is 0.347 e. The number of rotatable bonds is 4. The first kappa shape index (κ1) is 13.2. The van der Waals surface area contributed by atoms with E-state index in [0.29, 0.717) is 16.3 Å². The summed E-state index contributed by atoms with van der Waals surface area (Å²) in [5.41, 5.74) is 1.04. The van der Waals surface area contributed by atoms with Crippen LogP contribution in [0.15, 0.2) is 30.3 Å². The van der Waals surface area contributed by atoms with E-state index in [0.717, 1.165) is 11.3 Å². The topological polar surface area (TPSA) is 79.3 Å². The van der Waals surface area contributed by atoms with Crippen molar-refractivity contribution >= 4 is 23.2 Å². The minimum Gasteiger partial charge on any atom is -0.477 e. The van der Waals surface area contributed by atoms with Crippen LogP contribution in [-0.2, 0) is 6.54 Å². The van der Waals surface area contributed by atoms with E-state index < -0.39 is 5.97 Å². The van der Waals surface area contributed by atoms with E-state index in [9.17, 15) is 9.59 Å². The minimum atomic E-state index is -0.990. The average molecular weight is 276 g/mol. The second-order valence-electron chi connectivity index (χ2n) is 3.88. The Balaban J connectivity index is 2.01. The van der Waals surface area contributed by atoms with Gasteiger partial charge in [-0.3, -0.25) is 4.79 Å². The molecule has 0 aliphatic rings. The Bertz CT molecular complexity index is 608. The number of carboxylic acids is 1. The molecule has 0 radical (unpaired) electrons. The van der Waals surface area contributed by atoms with Gasteiger partial charge < -0.3 is 10.4 Å². The zero-order valence-electron chi connectivity index (χ0n) is 10.2. The molecule has 2 aromatic rings. The molecular weight excluding hydrogens is 264 g/mol. The van der Waals surface area contributed by atoms with Crippen LogP contribution >= 0.6 is 11.3 Å². The Labute approximate surface area is 113 Å². The lowest BCUT2D eigenvalue weighted by atomic mass is 10.2. The number of nitrogens with zero attached hydrogens (tertiary/aromatic N) is 1. The average Bonchev–Trinajstić information content (AvgIpc) is 2.78. The van der Waals surface area contributed by atoms with E-state index in [1.54, 1.807) is 31.2 Å². The fraction of sp³-hybridized carbons (Fsp3) is 0.154. The van der Waals surface area contributed by atoms with E-state index in [4.69, 9.17) is 5.11 Å². The number of benzene rings is 1. The Morgan fingerprint density at radius 1 is 1.32 bits per heavy atom. The number of carbonyl (C=O) groups is 2. The molecule has 0 fully saturated rings. The third-order valence-corrected chi connectivity index (χ3v) is 3.62. The lowest BCUT2D eigenvalue weighted by molar-refractivity contribution is 0.0701. The molecule has 0 saturated carbocycles. The first-order valence-electron chi connectivity index (χ1n) is 5.61. The van der Waals surface area contributed by atoms with E-state index in [1.807, 2.05) is 6.07 Å². The highest BCUT2D eigenvalue weighted by atomic mass is 32.1. The van der Waals surface area contributed by atoms with Gasteiger partial charge in [0.15, 0.2) is 0 Å². The van der Waals surface area contributed by atoms with Gasteiger partial charge in [0.25, 0.3) is 5.91 Å². The van der Waals surface area contributed by atoms with Gasteiger partial charge in [0.05, 0.1) is 12.2 Å². The fourth-order valence-corrected chi connectivity index (χ4v) is 2.42. The summed E-state index contributed by atoms with van der Waals surface area (Å²) in [6, 6.07) is 8.83. The number of amides is 1. The molecule has 0 spiro atoms. The number of nitrogens with one attached hydrogen (secondary N) is 1. The summed E-state index contributed by atoms with van der Waals surface area (Å²) in [6.45, 7) is 1.87. The third kappa shape index (κ3) is 3.17. The van der Waals surface area contributed by atoms with E-state index in [2.05, 4.69) is 10.3 Å². The molecular formula is C13H12N2O3S. The number of carboxylic acid groups (broad SMARTS) is 1. The molecule has 1 amide bonds. The molecule has 0 aliphatic carbocycles. The fourth-order valence-electron chi connectivity index (χ4n) is 1.57. The number of hydrogen-bond donors (Lipinski definition) is 2. The van der Waals surface area contributed by atoms with Crippen molar-refractivity contribution < 1.29 is 14.7 Å². The predicted octanol–water partition coefficient (Wildman–Crippen LogP) is 2.08. The van der Waals surface area contributed by atoms with Gasteiger partial charge in [0, 0.05) is 5.56 Å². The molecule has 1 aromatic heterocycles. The number of carbonyl (C=O) groups excluding carboxylic acids is 1. The first-order chi connectivity index (χ1) is 9.08. The quantitative estimate of drug-likeness (QED) is 0.896. The van der Waals surface area contributed by atoms with Crippen molar-refractivity contribution in [1.82, 2.24) is 10.3 Å². The maximum absolute atomic E-state index is 11.8. The molecule has 5 nitrogen and oxygen atoms in total. The molecule has 2 N–H and O–H groups in total. The van der Waals surface area contributed by atoms with Gasteiger partial charge in [0.1, 0.15) is 9.88 Å². The van der Waals surface area contributed by atoms with Crippen molar-refractivity contribution in [2.45, 2.75) is 13.5 Å². The van der Waals surface area contributed by atoms with Crippen LogP contribution in [0.3, 0.4) is 0 Å². The van der Waals surface area contributed by atoms with Crippen LogP contribution < -0.4 is 5.32 Å². The maximum Gasteiger partial charge on any atom is 0.347 e. The largest absolute Gasteiger partial charge is 0.477 e. The molecule has 0 unspecified atom stereocenters. The van der Waals surface area contributed by atoms with Crippen LogP contribution in [-0.4, -0.2) is 22.0 Å². The van der Waals surface area contributed by atoms with Crippen molar-refractivity contribution in [3.63, 3.8) is 0 Å². The van der Waals surface area contributed by atoms with Crippen molar-refractivity contribution in [2.24, 2.45) is 0 Å². The normalized spacial score (nSPS) is 10.2. The Hall–Kier alpha value is -2.21. The van der Waals surface area contributed by atoms with Crippen LogP contribution in [0.5, 0.6) is 0 Å². The van der Waals surface area contributed by atoms with Crippen LogP contribution in [0.4, 0.5) is 0 Å². The van der Waals surface area contributed by atoms with Crippen molar-refractivity contribution in [2.75, 3.05) is 0 Å². The minimum absolute atomic E-state index is 0.203. The number of thiazole rings is 1. The van der Waals surface area contributed by atoms with Gasteiger partial charge in [-0.25, -0.2) is 9.78 Å². The molecule has 1 aromatic carbocycles. The molecule has 0 atom stereocenters. The molecule has 6 heteroatoms. The number of aryl methyl sites for hydroxylation is 1.